The van der Waals surface area contributed by atoms with Crippen LogP contribution in [0.2, 0.25) is 0 Å². The van der Waals surface area contributed by atoms with E-state index in [0.717, 1.165) is 0 Å². The SMILES string of the molecule is CCC1(CC)C(=O)N=C(N)N1N. The van der Waals surface area contributed by atoms with E-state index in [9.17, 15) is 4.79 Å². The van der Waals surface area contributed by atoms with Crippen molar-refractivity contribution in [1.29, 1.82) is 0 Å². The molecule has 0 aliphatic carbocycles. The van der Waals surface area contributed by atoms with Gasteiger partial charge in [0.25, 0.3) is 5.91 Å². The van der Waals surface area contributed by atoms with Crippen LogP contribution in [-0.2, 0) is 4.79 Å². The zero-order chi connectivity index (χ0) is 9.35. The van der Waals surface area contributed by atoms with E-state index in [4.69, 9.17) is 11.6 Å². The summed E-state index contributed by atoms with van der Waals surface area (Å²) in [7, 11) is 0. The normalized spacial score (nSPS) is 21.4. The van der Waals surface area contributed by atoms with Gasteiger partial charge in [0.05, 0.1) is 0 Å². The first kappa shape index (κ1) is 8.99. The first-order valence-electron chi connectivity index (χ1n) is 4.02. The lowest BCUT2D eigenvalue weighted by molar-refractivity contribution is -0.126. The second-order valence-electron chi connectivity index (χ2n) is 2.88. The molecule has 0 aromatic heterocycles. The molecule has 0 fully saturated rings. The summed E-state index contributed by atoms with van der Waals surface area (Å²) in [4.78, 5) is 15.0. The Morgan fingerprint density at radius 3 is 2.17 bits per heavy atom. The summed E-state index contributed by atoms with van der Waals surface area (Å²) in [5, 5.41) is 1.27. The predicted molar refractivity (Wildman–Crippen MR) is 46.0 cm³/mol. The average Bonchev–Trinajstić information content (AvgIpc) is 2.26. The minimum Gasteiger partial charge on any atom is -0.368 e. The van der Waals surface area contributed by atoms with E-state index in [1.807, 2.05) is 13.8 Å². The molecular weight excluding hydrogens is 156 g/mol. The van der Waals surface area contributed by atoms with Gasteiger partial charge in [-0.25, -0.2) is 5.84 Å². The Morgan fingerprint density at radius 1 is 1.50 bits per heavy atom. The van der Waals surface area contributed by atoms with Crippen molar-refractivity contribution in [2.24, 2.45) is 16.6 Å². The Kier molecular flexibility index (Phi) is 2.06. The Balaban J connectivity index is 3.01. The van der Waals surface area contributed by atoms with Crippen molar-refractivity contribution in [2.75, 3.05) is 0 Å². The summed E-state index contributed by atoms with van der Waals surface area (Å²) in [5.74, 6) is 5.51. The molecule has 0 aromatic rings. The predicted octanol–water partition coefficient (Wildman–Crippen LogP) is -0.424. The first-order chi connectivity index (χ1) is 5.58. The molecule has 0 saturated carbocycles. The van der Waals surface area contributed by atoms with Crippen molar-refractivity contribution in [3.63, 3.8) is 0 Å². The fourth-order valence-electron chi connectivity index (χ4n) is 1.48. The number of rotatable bonds is 2. The van der Waals surface area contributed by atoms with Gasteiger partial charge in [-0.15, -0.1) is 0 Å². The average molecular weight is 170 g/mol. The van der Waals surface area contributed by atoms with Crippen molar-refractivity contribution < 1.29 is 4.79 Å². The molecule has 0 bridgehead atoms. The van der Waals surface area contributed by atoms with Crippen LogP contribution in [0.3, 0.4) is 0 Å². The minimum absolute atomic E-state index is 0.115. The third-order valence-electron chi connectivity index (χ3n) is 2.49. The van der Waals surface area contributed by atoms with Crippen LogP contribution in [-0.4, -0.2) is 22.4 Å². The molecule has 0 atom stereocenters. The van der Waals surface area contributed by atoms with E-state index in [-0.39, 0.29) is 11.9 Å². The lowest BCUT2D eigenvalue weighted by Crippen LogP contribution is -2.56. The first-order valence-corrected chi connectivity index (χ1v) is 4.02. The van der Waals surface area contributed by atoms with Crippen molar-refractivity contribution in [1.82, 2.24) is 5.01 Å². The highest BCUT2D eigenvalue weighted by Gasteiger charge is 2.45. The van der Waals surface area contributed by atoms with Gasteiger partial charge in [0, 0.05) is 0 Å². The summed E-state index contributed by atoms with van der Waals surface area (Å²) in [6.45, 7) is 3.80. The summed E-state index contributed by atoms with van der Waals surface area (Å²) in [5.41, 5.74) is 4.74. The molecule has 68 valence electrons. The number of aliphatic imine (C=N–C) groups is 1. The molecule has 0 unspecified atom stereocenters. The Labute approximate surface area is 71.4 Å². The third-order valence-corrected chi connectivity index (χ3v) is 2.49. The summed E-state index contributed by atoms with van der Waals surface area (Å²) in [6.07, 6.45) is 1.26. The van der Waals surface area contributed by atoms with Crippen LogP contribution in [0.1, 0.15) is 26.7 Å². The molecule has 1 rings (SSSR count). The quantitative estimate of drug-likeness (QED) is 0.551. The Morgan fingerprint density at radius 2 is 2.00 bits per heavy atom. The van der Waals surface area contributed by atoms with Crippen LogP contribution in [0, 0.1) is 0 Å². The van der Waals surface area contributed by atoms with Gasteiger partial charge in [0.1, 0.15) is 5.54 Å². The van der Waals surface area contributed by atoms with Gasteiger partial charge in [-0.3, -0.25) is 9.80 Å². The summed E-state index contributed by atoms with van der Waals surface area (Å²) >= 11 is 0. The van der Waals surface area contributed by atoms with Gasteiger partial charge in [-0.2, -0.15) is 4.99 Å². The molecule has 4 N–H and O–H groups in total. The maximum absolute atomic E-state index is 11.4. The molecular formula is C7H14N4O. The lowest BCUT2D eigenvalue weighted by atomic mass is 9.92. The number of carbonyl (C=O) groups is 1. The number of hydrogen-bond acceptors (Lipinski definition) is 4. The monoisotopic (exact) mass is 170 g/mol. The molecule has 0 radical (unpaired) electrons. The van der Waals surface area contributed by atoms with Crippen molar-refractivity contribution >= 4 is 11.9 Å². The van der Waals surface area contributed by atoms with Gasteiger partial charge in [-0.05, 0) is 12.8 Å². The molecule has 1 aliphatic rings. The van der Waals surface area contributed by atoms with E-state index in [2.05, 4.69) is 4.99 Å². The van der Waals surface area contributed by atoms with Crippen LogP contribution in [0.5, 0.6) is 0 Å². The topological polar surface area (TPSA) is 84.7 Å². The maximum Gasteiger partial charge on any atom is 0.276 e. The molecule has 5 heteroatoms. The number of hydrazine groups is 1. The van der Waals surface area contributed by atoms with E-state index < -0.39 is 5.54 Å². The molecule has 5 nitrogen and oxygen atoms in total. The zero-order valence-corrected chi connectivity index (χ0v) is 7.37. The lowest BCUT2D eigenvalue weighted by Gasteiger charge is -2.31. The van der Waals surface area contributed by atoms with E-state index in [0.29, 0.717) is 12.8 Å². The van der Waals surface area contributed by atoms with E-state index in [1.54, 1.807) is 0 Å². The number of nitrogens with zero attached hydrogens (tertiary/aromatic N) is 2. The molecule has 0 spiro atoms. The van der Waals surface area contributed by atoms with Crippen molar-refractivity contribution in [2.45, 2.75) is 32.2 Å². The van der Waals surface area contributed by atoms with Crippen LogP contribution >= 0.6 is 0 Å². The Bertz CT molecular complexity index is 232. The highest BCUT2D eigenvalue weighted by atomic mass is 16.2. The number of carbonyl (C=O) groups excluding carboxylic acids is 1. The second-order valence-corrected chi connectivity index (χ2v) is 2.88. The van der Waals surface area contributed by atoms with Gasteiger partial charge < -0.3 is 5.73 Å². The minimum atomic E-state index is -0.690. The second kappa shape index (κ2) is 2.75. The fraction of sp³-hybridized carbons (Fsp3) is 0.714. The van der Waals surface area contributed by atoms with Crippen molar-refractivity contribution in [3.05, 3.63) is 0 Å². The van der Waals surface area contributed by atoms with E-state index in [1.165, 1.54) is 5.01 Å². The van der Waals surface area contributed by atoms with Crippen LogP contribution < -0.4 is 11.6 Å². The van der Waals surface area contributed by atoms with Crippen molar-refractivity contribution in [3.8, 4) is 0 Å². The number of nitrogens with two attached hydrogens (primary N) is 2. The third kappa shape index (κ3) is 0.896. The highest BCUT2D eigenvalue weighted by Crippen LogP contribution is 2.26. The van der Waals surface area contributed by atoms with Gasteiger partial charge in [0.15, 0.2) is 0 Å². The largest absolute Gasteiger partial charge is 0.368 e. The molecule has 0 saturated heterocycles. The van der Waals surface area contributed by atoms with Gasteiger partial charge >= 0.3 is 0 Å². The molecule has 1 heterocycles. The summed E-state index contributed by atoms with van der Waals surface area (Å²) in [6, 6.07) is 0. The molecule has 1 amide bonds. The number of guanidine groups is 1. The zero-order valence-electron chi connectivity index (χ0n) is 7.37. The highest BCUT2D eigenvalue weighted by molar-refractivity contribution is 6.04. The smallest absolute Gasteiger partial charge is 0.276 e. The molecule has 0 aromatic carbocycles. The van der Waals surface area contributed by atoms with Gasteiger partial charge in [0.2, 0.25) is 5.96 Å². The number of amides is 1. The summed E-state index contributed by atoms with van der Waals surface area (Å²) < 4.78 is 0. The standard InChI is InChI=1S/C7H14N4O/c1-3-7(4-2)5(12)10-6(8)11(7)9/h3-4,9H2,1-2H3,(H2,8,10,12). The molecule has 12 heavy (non-hydrogen) atoms. The molecule has 1 aliphatic heterocycles. The van der Waals surface area contributed by atoms with E-state index >= 15 is 0 Å². The Hall–Kier alpha value is -1.10. The number of hydrogen-bond donors (Lipinski definition) is 2. The van der Waals surface area contributed by atoms with Gasteiger partial charge in [-0.1, -0.05) is 13.8 Å². The van der Waals surface area contributed by atoms with Crippen LogP contribution in [0.15, 0.2) is 4.99 Å². The van der Waals surface area contributed by atoms with Crippen LogP contribution in [0.4, 0.5) is 0 Å². The maximum atomic E-state index is 11.4. The fourth-order valence-corrected chi connectivity index (χ4v) is 1.48. The van der Waals surface area contributed by atoms with Crippen LogP contribution in [0.25, 0.3) is 0 Å².